The van der Waals surface area contributed by atoms with E-state index in [1.165, 1.54) is 10.6 Å². The molecule has 0 aliphatic heterocycles. The van der Waals surface area contributed by atoms with Gasteiger partial charge in [-0.3, -0.25) is 4.98 Å². The highest BCUT2D eigenvalue weighted by Crippen LogP contribution is 2.26. The van der Waals surface area contributed by atoms with Gasteiger partial charge in [0.2, 0.25) is 0 Å². The summed E-state index contributed by atoms with van der Waals surface area (Å²) in [6, 6.07) is 16.2. The van der Waals surface area contributed by atoms with Crippen LogP contribution in [-0.4, -0.2) is 9.55 Å². The Morgan fingerprint density at radius 3 is 2.78 bits per heavy atom. The molecule has 6 heteroatoms. The van der Waals surface area contributed by atoms with Crippen molar-refractivity contribution in [3.8, 4) is 10.6 Å². The van der Waals surface area contributed by atoms with Gasteiger partial charge in [0.1, 0.15) is 0 Å². The summed E-state index contributed by atoms with van der Waals surface area (Å²) >= 11 is 9.67. The third-order valence-corrected chi connectivity index (χ3v) is 6.43. The predicted molar refractivity (Wildman–Crippen MR) is 115 cm³/mol. The molecular formula is C21H18ClN3S2. The highest BCUT2D eigenvalue weighted by Gasteiger charge is 2.10. The number of halogens is 1. The van der Waals surface area contributed by atoms with Crippen molar-refractivity contribution < 1.29 is 0 Å². The molecule has 3 aromatic heterocycles. The van der Waals surface area contributed by atoms with Crippen LogP contribution in [-0.2, 0) is 13.0 Å². The fourth-order valence-electron chi connectivity index (χ4n) is 2.79. The first-order valence-electron chi connectivity index (χ1n) is 8.64. The molecule has 0 fully saturated rings. The van der Waals surface area contributed by atoms with E-state index < -0.39 is 0 Å². The second-order valence-corrected chi connectivity index (χ2v) is 8.34. The molecule has 27 heavy (non-hydrogen) atoms. The molecule has 3 nitrogen and oxygen atoms in total. The summed E-state index contributed by atoms with van der Waals surface area (Å²) in [6.07, 6.45) is 2.70. The van der Waals surface area contributed by atoms with Crippen LogP contribution in [0.15, 0.2) is 70.5 Å². The Balaban J connectivity index is 1.74. The SMILES string of the molecule is Cc1ccc(N=c2scc(-c3cccs3)n2CCc2ccccn2)cc1Cl. The normalized spacial score (nSPS) is 11.9. The van der Waals surface area contributed by atoms with E-state index in [1.807, 2.05) is 43.5 Å². The quantitative estimate of drug-likeness (QED) is 0.389. The average molecular weight is 412 g/mol. The number of thiophene rings is 1. The zero-order valence-electron chi connectivity index (χ0n) is 14.8. The first kappa shape index (κ1) is 18.2. The summed E-state index contributed by atoms with van der Waals surface area (Å²) in [5, 5.41) is 5.03. The van der Waals surface area contributed by atoms with Gasteiger partial charge < -0.3 is 4.57 Å². The first-order valence-corrected chi connectivity index (χ1v) is 10.8. The number of thiazole rings is 1. The molecule has 0 bridgehead atoms. The number of benzene rings is 1. The average Bonchev–Trinajstić information content (AvgIpc) is 3.34. The number of nitrogens with zero attached hydrogens (tertiary/aromatic N) is 3. The summed E-state index contributed by atoms with van der Waals surface area (Å²) in [6.45, 7) is 2.82. The van der Waals surface area contributed by atoms with Gasteiger partial charge in [0.25, 0.3) is 0 Å². The van der Waals surface area contributed by atoms with Gasteiger partial charge in [0, 0.05) is 35.3 Å². The lowest BCUT2D eigenvalue weighted by atomic mass is 10.2. The standard InChI is InChI=1S/C21H18ClN3S2/c1-15-7-8-17(13-18(15)22)24-21-25(11-9-16-5-2-3-10-23-16)19(14-27-21)20-6-4-12-26-20/h2-8,10,12-14H,9,11H2,1H3. The van der Waals surface area contributed by atoms with E-state index in [0.717, 1.165) is 39.7 Å². The maximum absolute atomic E-state index is 6.28. The van der Waals surface area contributed by atoms with Crippen molar-refractivity contribution in [1.29, 1.82) is 0 Å². The smallest absolute Gasteiger partial charge is 0.190 e. The summed E-state index contributed by atoms with van der Waals surface area (Å²) in [5.74, 6) is 0. The molecule has 0 aliphatic carbocycles. The van der Waals surface area contributed by atoms with Crippen molar-refractivity contribution in [3.05, 3.63) is 86.6 Å². The topological polar surface area (TPSA) is 30.2 Å². The molecule has 1 aromatic carbocycles. The number of aromatic nitrogens is 2. The Morgan fingerprint density at radius 2 is 2.04 bits per heavy atom. The second kappa shape index (κ2) is 8.21. The maximum Gasteiger partial charge on any atom is 0.190 e. The Labute approximate surface area is 171 Å². The van der Waals surface area contributed by atoms with Gasteiger partial charge in [-0.05, 0) is 48.2 Å². The minimum Gasteiger partial charge on any atom is -0.315 e. The van der Waals surface area contributed by atoms with Crippen LogP contribution in [0.2, 0.25) is 5.02 Å². The van der Waals surface area contributed by atoms with E-state index in [9.17, 15) is 0 Å². The van der Waals surface area contributed by atoms with E-state index in [0.29, 0.717) is 0 Å². The number of hydrogen-bond acceptors (Lipinski definition) is 4. The molecule has 0 radical (unpaired) electrons. The zero-order valence-corrected chi connectivity index (χ0v) is 17.2. The highest BCUT2D eigenvalue weighted by molar-refractivity contribution is 7.14. The molecule has 4 rings (SSSR count). The molecule has 0 atom stereocenters. The molecule has 136 valence electrons. The van der Waals surface area contributed by atoms with Crippen LogP contribution in [0.5, 0.6) is 0 Å². The van der Waals surface area contributed by atoms with Crippen molar-refractivity contribution in [1.82, 2.24) is 9.55 Å². The van der Waals surface area contributed by atoms with Crippen molar-refractivity contribution in [2.24, 2.45) is 4.99 Å². The maximum atomic E-state index is 6.28. The van der Waals surface area contributed by atoms with Crippen molar-refractivity contribution in [2.75, 3.05) is 0 Å². The monoisotopic (exact) mass is 411 g/mol. The molecule has 3 heterocycles. The third kappa shape index (κ3) is 4.21. The van der Waals surface area contributed by atoms with Crippen LogP contribution in [0.3, 0.4) is 0 Å². The Hall–Kier alpha value is -2.21. The molecule has 0 aliphatic rings. The van der Waals surface area contributed by atoms with Gasteiger partial charge >= 0.3 is 0 Å². The van der Waals surface area contributed by atoms with Crippen LogP contribution in [0.1, 0.15) is 11.3 Å². The Bertz CT molecular complexity index is 1100. The fraction of sp³-hybridized carbons (Fsp3) is 0.143. The highest BCUT2D eigenvalue weighted by atomic mass is 35.5. The minimum absolute atomic E-state index is 0.742. The molecule has 0 unspecified atom stereocenters. The zero-order chi connectivity index (χ0) is 18.6. The van der Waals surface area contributed by atoms with Crippen molar-refractivity contribution in [2.45, 2.75) is 19.9 Å². The molecule has 4 aromatic rings. The van der Waals surface area contributed by atoms with Crippen LogP contribution in [0, 0.1) is 6.92 Å². The first-order chi connectivity index (χ1) is 13.2. The lowest BCUT2D eigenvalue weighted by molar-refractivity contribution is 0.675. The van der Waals surface area contributed by atoms with E-state index >= 15 is 0 Å². The van der Waals surface area contributed by atoms with Gasteiger partial charge in [0.05, 0.1) is 16.3 Å². The van der Waals surface area contributed by atoms with Crippen molar-refractivity contribution >= 4 is 40.0 Å². The summed E-state index contributed by atoms with van der Waals surface area (Å²) < 4.78 is 2.28. The lowest BCUT2D eigenvalue weighted by Crippen LogP contribution is -2.17. The van der Waals surface area contributed by atoms with Crippen LogP contribution < -0.4 is 4.80 Å². The molecule has 0 saturated heterocycles. The van der Waals surface area contributed by atoms with Gasteiger partial charge in [-0.15, -0.1) is 22.7 Å². The largest absolute Gasteiger partial charge is 0.315 e. The lowest BCUT2D eigenvalue weighted by Gasteiger charge is -2.08. The predicted octanol–water partition coefficient (Wildman–Crippen LogP) is 6.11. The molecule has 0 amide bonds. The number of pyridine rings is 1. The molecule has 0 spiro atoms. The molecule has 0 saturated carbocycles. The van der Waals surface area contributed by atoms with Crippen LogP contribution >= 0.6 is 34.3 Å². The summed E-state index contributed by atoms with van der Waals surface area (Å²) in [4.78, 5) is 11.5. The third-order valence-electron chi connectivity index (χ3n) is 4.27. The molecular weight excluding hydrogens is 394 g/mol. The summed E-state index contributed by atoms with van der Waals surface area (Å²) in [7, 11) is 0. The van der Waals surface area contributed by atoms with Crippen LogP contribution in [0.4, 0.5) is 5.69 Å². The van der Waals surface area contributed by atoms with E-state index in [2.05, 4.69) is 38.5 Å². The molecule has 0 N–H and O–H groups in total. The Morgan fingerprint density at radius 1 is 1.11 bits per heavy atom. The van der Waals surface area contributed by atoms with Crippen molar-refractivity contribution in [3.63, 3.8) is 0 Å². The van der Waals surface area contributed by atoms with Crippen LogP contribution in [0.25, 0.3) is 10.6 Å². The van der Waals surface area contributed by atoms with E-state index in [4.69, 9.17) is 16.6 Å². The van der Waals surface area contributed by atoms with Gasteiger partial charge in [-0.25, -0.2) is 4.99 Å². The minimum atomic E-state index is 0.742. The number of aryl methyl sites for hydroxylation is 2. The van der Waals surface area contributed by atoms with E-state index in [1.54, 1.807) is 22.7 Å². The second-order valence-electron chi connectivity index (χ2n) is 6.15. The number of rotatable bonds is 5. The Kier molecular flexibility index (Phi) is 5.53. The van der Waals surface area contributed by atoms with Gasteiger partial charge in [0.15, 0.2) is 4.80 Å². The van der Waals surface area contributed by atoms with Gasteiger partial charge in [-0.2, -0.15) is 0 Å². The van der Waals surface area contributed by atoms with Gasteiger partial charge in [-0.1, -0.05) is 29.8 Å². The van der Waals surface area contributed by atoms with E-state index in [-0.39, 0.29) is 0 Å². The fourth-order valence-corrected chi connectivity index (χ4v) is 4.74. The number of hydrogen-bond donors (Lipinski definition) is 0. The summed E-state index contributed by atoms with van der Waals surface area (Å²) in [5.41, 5.74) is 4.21.